The number of aryl methyl sites for hydroxylation is 1. The molecule has 9 heteroatoms. The molecule has 1 aliphatic rings. The van der Waals surface area contributed by atoms with Crippen LogP contribution in [0.3, 0.4) is 0 Å². The topological polar surface area (TPSA) is 71.0 Å². The Labute approximate surface area is 158 Å². The van der Waals surface area contributed by atoms with E-state index >= 15 is 0 Å². The molecule has 1 aliphatic heterocycles. The predicted molar refractivity (Wildman–Crippen MR) is 94.5 cm³/mol. The Bertz CT molecular complexity index is 939. The molecule has 2 aromatic carbocycles. The number of amides is 2. The summed E-state index contributed by atoms with van der Waals surface area (Å²) in [5, 5.41) is 6.47. The number of hydrazone groups is 1. The van der Waals surface area contributed by atoms with E-state index in [1.54, 1.807) is 30.3 Å². The molecule has 1 unspecified atom stereocenters. The lowest BCUT2D eigenvalue weighted by atomic mass is 10.0. The first-order chi connectivity index (χ1) is 13.2. The normalized spacial score (nSPS) is 17.0. The molecular weight excluding hydrogens is 375 g/mol. The number of halogens is 3. The Kier molecular flexibility index (Phi) is 5.08. The Morgan fingerprint density at radius 3 is 2.39 bits per heavy atom. The van der Waals surface area contributed by atoms with Gasteiger partial charge in [0, 0.05) is 11.1 Å². The van der Waals surface area contributed by atoms with Gasteiger partial charge in [-0.05, 0) is 13.0 Å². The molecule has 28 heavy (non-hydrogen) atoms. The summed E-state index contributed by atoms with van der Waals surface area (Å²) < 4.78 is 44.7. The highest BCUT2D eigenvalue weighted by Crippen LogP contribution is 2.34. The lowest BCUT2D eigenvalue weighted by Crippen LogP contribution is -2.52. The SMILES string of the molecule is COc1ccccc1C1C(=O)NC(c2ccc(C)cc2)=NN1C(=O)C(F)(F)F. The van der Waals surface area contributed by atoms with E-state index in [0.29, 0.717) is 5.56 Å². The summed E-state index contributed by atoms with van der Waals surface area (Å²) in [6.07, 6.45) is -5.21. The molecule has 6 nitrogen and oxygen atoms in total. The van der Waals surface area contributed by atoms with Gasteiger partial charge in [-0.3, -0.25) is 9.59 Å². The van der Waals surface area contributed by atoms with Gasteiger partial charge in [0.15, 0.2) is 11.9 Å². The number of amidine groups is 1. The number of benzene rings is 2. The number of ether oxygens (including phenoxy) is 1. The third-order valence-corrected chi connectivity index (χ3v) is 4.15. The fraction of sp³-hybridized carbons (Fsp3) is 0.211. The number of nitrogens with one attached hydrogen (secondary N) is 1. The lowest BCUT2D eigenvalue weighted by molar-refractivity contribution is -0.189. The number of carbonyl (C=O) groups excluding carboxylic acids is 2. The first kappa shape index (κ1) is 19.4. The van der Waals surface area contributed by atoms with Crippen LogP contribution in [-0.4, -0.2) is 35.9 Å². The standard InChI is InChI=1S/C19H16F3N3O3/c1-11-7-9-12(10-8-11)16-23-17(26)15(13-5-3-4-6-14(13)28-2)25(24-16)18(27)19(20,21)22/h3-10,15H,1-2H3,(H,23,24,26). The van der Waals surface area contributed by atoms with Gasteiger partial charge in [-0.15, -0.1) is 0 Å². The second-order valence-electron chi connectivity index (χ2n) is 6.10. The van der Waals surface area contributed by atoms with Crippen molar-refractivity contribution >= 4 is 17.6 Å². The lowest BCUT2D eigenvalue weighted by Gasteiger charge is -2.32. The van der Waals surface area contributed by atoms with Crippen molar-refractivity contribution in [2.45, 2.75) is 19.1 Å². The van der Waals surface area contributed by atoms with Gasteiger partial charge in [-0.2, -0.15) is 18.3 Å². The zero-order valence-electron chi connectivity index (χ0n) is 14.9. The summed E-state index contributed by atoms with van der Waals surface area (Å²) >= 11 is 0. The van der Waals surface area contributed by atoms with Gasteiger partial charge in [0.05, 0.1) is 7.11 Å². The Hall–Kier alpha value is -3.36. The van der Waals surface area contributed by atoms with Crippen LogP contribution in [-0.2, 0) is 9.59 Å². The molecule has 0 aromatic heterocycles. The molecule has 3 rings (SSSR count). The molecule has 0 fully saturated rings. The molecule has 0 radical (unpaired) electrons. The van der Waals surface area contributed by atoms with Crippen LogP contribution in [0.15, 0.2) is 53.6 Å². The maximum atomic E-state index is 13.2. The van der Waals surface area contributed by atoms with Crippen molar-refractivity contribution in [3.05, 3.63) is 65.2 Å². The molecule has 1 N–H and O–H groups in total. The molecule has 0 spiro atoms. The molecule has 0 bridgehead atoms. The maximum absolute atomic E-state index is 13.2. The van der Waals surface area contributed by atoms with Gasteiger partial charge in [0.1, 0.15) is 5.75 Å². The summed E-state index contributed by atoms with van der Waals surface area (Å²) in [6.45, 7) is 1.84. The summed E-state index contributed by atoms with van der Waals surface area (Å²) in [5.41, 5.74) is 1.38. The van der Waals surface area contributed by atoms with Gasteiger partial charge >= 0.3 is 12.1 Å². The highest BCUT2D eigenvalue weighted by molar-refractivity contribution is 6.12. The summed E-state index contributed by atoms with van der Waals surface area (Å²) in [6, 6.07) is 11.0. The molecular formula is C19H16F3N3O3. The Morgan fingerprint density at radius 1 is 1.14 bits per heavy atom. The third-order valence-electron chi connectivity index (χ3n) is 4.15. The first-order valence-corrected chi connectivity index (χ1v) is 8.22. The minimum Gasteiger partial charge on any atom is -0.496 e. The zero-order valence-corrected chi connectivity index (χ0v) is 14.9. The molecule has 2 amide bonds. The van der Waals surface area contributed by atoms with Gasteiger partial charge in [0.2, 0.25) is 0 Å². The van der Waals surface area contributed by atoms with E-state index in [4.69, 9.17) is 4.74 Å². The second-order valence-corrected chi connectivity index (χ2v) is 6.10. The van der Waals surface area contributed by atoms with E-state index < -0.39 is 24.0 Å². The number of para-hydroxylation sites is 1. The average molecular weight is 391 g/mol. The summed E-state index contributed by atoms with van der Waals surface area (Å²) in [5.74, 6) is -3.05. The zero-order chi connectivity index (χ0) is 20.5. The Morgan fingerprint density at radius 2 is 1.79 bits per heavy atom. The van der Waals surface area contributed by atoms with Crippen LogP contribution in [0.25, 0.3) is 0 Å². The maximum Gasteiger partial charge on any atom is 0.473 e. The van der Waals surface area contributed by atoms with Crippen LogP contribution < -0.4 is 10.1 Å². The van der Waals surface area contributed by atoms with Gasteiger partial charge in [0.25, 0.3) is 5.91 Å². The minimum atomic E-state index is -5.21. The molecule has 1 heterocycles. The quantitative estimate of drug-likeness (QED) is 0.875. The van der Waals surface area contributed by atoms with Crippen molar-refractivity contribution < 1.29 is 27.5 Å². The largest absolute Gasteiger partial charge is 0.496 e. The minimum absolute atomic E-state index is 0.0896. The highest BCUT2D eigenvalue weighted by atomic mass is 19.4. The van der Waals surface area contributed by atoms with E-state index in [-0.39, 0.29) is 22.2 Å². The van der Waals surface area contributed by atoms with Crippen LogP contribution in [0.5, 0.6) is 5.75 Å². The molecule has 2 aromatic rings. The Balaban J connectivity index is 2.13. The van der Waals surface area contributed by atoms with Crippen LogP contribution in [0.2, 0.25) is 0 Å². The number of hydrogen-bond acceptors (Lipinski definition) is 4. The van der Waals surface area contributed by atoms with Gasteiger partial charge in [-0.25, -0.2) is 5.01 Å². The van der Waals surface area contributed by atoms with E-state index in [9.17, 15) is 22.8 Å². The van der Waals surface area contributed by atoms with Crippen molar-refractivity contribution in [1.29, 1.82) is 0 Å². The molecule has 146 valence electrons. The van der Waals surface area contributed by atoms with E-state index in [0.717, 1.165) is 5.56 Å². The monoisotopic (exact) mass is 391 g/mol. The third kappa shape index (κ3) is 3.68. The van der Waals surface area contributed by atoms with Crippen molar-refractivity contribution in [3.8, 4) is 5.75 Å². The van der Waals surface area contributed by atoms with E-state index in [1.807, 2.05) is 6.92 Å². The first-order valence-electron chi connectivity index (χ1n) is 8.22. The van der Waals surface area contributed by atoms with Gasteiger partial charge < -0.3 is 10.1 Å². The van der Waals surface area contributed by atoms with Crippen molar-refractivity contribution in [3.63, 3.8) is 0 Å². The molecule has 1 atom stereocenters. The van der Waals surface area contributed by atoms with Crippen LogP contribution in [0, 0.1) is 6.92 Å². The van der Waals surface area contributed by atoms with Crippen molar-refractivity contribution in [1.82, 2.24) is 10.3 Å². The van der Waals surface area contributed by atoms with E-state index in [1.165, 1.54) is 25.3 Å². The average Bonchev–Trinajstić information content (AvgIpc) is 2.66. The van der Waals surface area contributed by atoms with Gasteiger partial charge in [-0.1, -0.05) is 48.0 Å². The number of carbonyl (C=O) groups is 2. The fourth-order valence-electron chi connectivity index (χ4n) is 2.79. The van der Waals surface area contributed by atoms with Crippen LogP contribution in [0.4, 0.5) is 13.2 Å². The number of rotatable bonds is 3. The van der Waals surface area contributed by atoms with E-state index in [2.05, 4.69) is 10.4 Å². The number of nitrogens with zero attached hydrogens (tertiary/aromatic N) is 2. The second kappa shape index (κ2) is 7.34. The van der Waals surface area contributed by atoms with Crippen LogP contribution in [0.1, 0.15) is 22.7 Å². The molecule has 0 saturated carbocycles. The predicted octanol–water partition coefficient (Wildman–Crippen LogP) is 2.93. The molecule has 0 aliphatic carbocycles. The van der Waals surface area contributed by atoms with Crippen LogP contribution >= 0.6 is 0 Å². The fourth-order valence-corrected chi connectivity index (χ4v) is 2.79. The number of hydrogen-bond donors (Lipinski definition) is 1. The smallest absolute Gasteiger partial charge is 0.473 e. The van der Waals surface area contributed by atoms with Crippen molar-refractivity contribution in [2.24, 2.45) is 5.10 Å². The highest BCUT2D eigenvalue weighted by Gasteiger charge is 2.49. The summed E-state index contributed by atoms with van der Waals surface area (Å²) in [4.78, 5) is 24.8. The molecule has 0 saturated heterocycles. The summed E-state index contributed by atoms with van der Waals surface area (Å²) in [7, 11) is 1.32. The number of alkyl halides is 3. The van der Waals surface area contributed by atoms with Crippen molar-refractivity contribution in [2.75, 3.05) is 7.11 Å². The number of methoxy groups -OCH3 is 1.